The first-order valence-electron chi connectivity index (χ1n) is 14.1. The molecule has 44 heavy (non-hydrogen) atoms. The highest BCUT2D eigenvalue weighted by molar-refractivity contribution is 14.1. The summed E-state index contributed by atoms with van der Waals surface area (Å²) < 4.78 is 54.1. The maximum absolute atomic E-state index is 12.9. The Hall–Kier alpha value is -2.85. The molecule has 2 heterocycles. The first kappa shape index (κ1) is 34.0. The summed E-state index contributed by atoms with van der Waals surface area (Å²) in [6.07, 6.45) is 3.38. The van der Waals surface area contributed by atoms with E-state index in [1.165, 1.54) is 26.8 Å². The zero-order chi connectivity index (χ0) is 32.4. The van der Waals surface area contributed by atoms with Crippen molar-refractivity contribution in [2.45, 2.75) is 56.2 Å². The maximum Gasteiger partial charge on any atom is 0.336 e. The van der Waals surface area contributed by atoms with Crippen molar-refractivity contribution in [3.63, 3.8) is 0 Å². The van der Waals surface area contributed by atoms with Gasteiger partial charge in [0, 0.05) is 29.7 Å². The second-order valence-electron chi connectivity index (χ2n) is 10.9. The van der Waals surface area contributed by atoms with Crippen molar-refractivity contribution in [3.05, 3.63) is 79.9 Å². The van der Waals surface area contributed by atoms with Crippen LogP contribution in [-0.2, 0) is 20.0 Å². The van der Waals surface area contributed by atoms with Crippen molar-refractivity contribution in [3.8, 4) is 11.1 Å². The molecule has 2 aliphatic heterocycles. The monoisotopic (exact) mass is 754 g/mol. The Kier molecular flexibility index (Phi) is 10.6. The largest absolute Gasteiger partial charge is 0.478 e. The Bertz CT molecular complexity index is 1790. The minimum Gasteiger partial charge on any atom is -0.478 e. The van der Waals surface area contributed by atoms with Crippen LogP contribution in [0, 0.1) is 24.3 Å². The Morgan fingerprint density at radius 2 is 1.07 bits per heavy atom. The molecule has 0 bridgehead atoms. The lowest BCUT2D eigenvalue weighted by Gasteiger charge is -2.18. The molecule has 0 amide bonds. The van der Waals surface area contributed by atoms with Crippen LogP contribution in [0.15, 0.2) is 58.3 Å². The molecule has 0 radical (unpaired) electrons. The van der Waals surface area contributed by atoms with Gasteiger partial charge < -0.3 is 10.2 Å². The van der Waals surface area contributed by atoms with E-state index in [-0.39, 0.29) is 20.9 Å². The Morgan fingerprint density at radius 3 is 1.50 bits per heavy atom. The lowest BCUT2D eigenvalue weighted by molar-refractivity contribution is 0.0685. The smallest absolute Gasteiger partial charge is 0.336 e. The Morgan fingerprint density at radius 1 is 0.659 bits per heavy atom. The van der Waals surface area contributed by atoms with Gasteiger partial charge in [0.15, 0.2) is 0 Å². The fourth-order valence-corrected chi connectivity index (χ4v) is 9.25. The lowest BCUT2D eigenvalue weighted by atomic mass is 9.96. The van der Waals surface area contributed by atoms with Crippen molar-refractivity contribution in [1.82, 2.24) is 8.61 Å². The number of nitrogens with zero attached hydrogens (tertiary/aromatic N) is 2. The van der Waals surface area contributed by atoms with Gasteiger partial charge in [0.05, 0.1) is 20.9 Å². The van der Waals surface area contributed by atoms with Crippen LogP contribution in [0.25, 0.3) is 11.1 Å². The van der Waals surface area contributed by atoms with Gasteiger partial charge in [-0.3, -0.25) is 0 Å². The number of rotatable bonds is 7. The van der Waals surface area contributed by atoms with Crippen molar-refractivity contribution in [2.24, 2.45) is 0 Å². The van der Waals surface area contributed by atoms with Gasteiger partial charge in [0.1, 0.15) is 0 Å². The fraction of sp³-hybridized carbons (Fsp3) is 0.355. The van der Waals surface area contributed by atoms with Crippen LogP contribution in [0.5, 0.6) is 0 Å². The molecule has 0 aliphatic carbocycles. The Balaban J connectivity index is 0.000000209. The van der Waals surface area contributed by atoms with Crippen LogP contribution >= 0.6 is 22.6 Å². The number of aromatic carboxylic acids is 2. The highest BCUT2D eigenvalue weighted by Gasteiger charge is 2.30. The summed E-state index contributed by atoms with van der Waals surface area (Å²) in [6.45, 7) is 7.34. The molecular weight excluding hydrogens is 719 g/mol. The van der Waals surface area contributed by atoms with Gasteiger partial charge in [0.2, 0.25) is 20.0 Å². The van der Waals surface area contributed by atoms with Crippen LogP contribution in [0.2, 0.25) is 0 Å². The molecule has 10 nitrogen and oxygen atoms in total. The van der Waals surface area contributed by atoms with E-state index in [2.05, 4.69) is 0 Å². The minimum absolute atomic E-state index is 0.0239. The first-order valence-corrected chi connectivity index (χ1v) is 18.1. The number of sulfonamides is 2. The third-order valence-electron chi connectivity index (χ3n) is 7.93. The summed E-state index contributed by atoms with van der Waals surface area (Å²) in [6, 6.07) is 13.3. The van der Waals surface area contributed by atoms with Crippen LogP contribution in [0.4, 0.5) is 0 Å². The number of aryl methyl sites for hydroxylation is 1. The molecular formula is C31H35IN2O8S2. The van der Waals surface area contributed by atoms with Crippen molar-refractivity contribution in [2.75, 3.05) is 26.2 Å². The second-order valence-corrected chi connectivity index (χ2v) is 16.0. The number of carboxylic acid groups (broad SMARTS) is 2. The van der Waals surface area contributed by atoms with E-state index in [0.29, 0.717) is 46.4 Å². The number of benzene rings is 3. The fourth-order valence-electron chi connectivity index (χ4n) is 5.27. The molecule has 0 saturated carbocycles. The molecule has 0 unspecified atom stereocenters. The van der Waals surface area contributed by atoms with Crippen LogP contribution in [0.1, 0.15) is 63.1 Å². The number of carbonyl (C=O) groups is 2. The van der Waals surface area contributed by atoms with Crippen LogP contribution in [-0.4, -0.2) is 73.8 Å². The second kappa shape index (κ2) is 13.6. The molecule has 3 aromatic carbocycles. The lowest BCUT2D eigenvalue weighted by Crippen LogP contribution is -2.28. The number of halogens is 1. The molecule has 13 heteroatoms. The number of hydrogen-bond acceptors (Lipinski definition) is 6. The SMILES string of the molecule is Cc1c(I)cc(S(=O)(=O)N2CCCC2)cc1C(=O)O.Cc1ccc(-c2cc(S(=O)(=O)N3CCCC3)cc(C(=O)O)c2C)cc1. The molecule has 2 aliphatic rings. The van der Waals surface area contributed by atoms with Gasteiger partial charge >= 0.3 is 11.9 Å². The standard InChI is InChI=1S/C19H21NO4S.C12H14INO4S/c1-13-5-7-15(8-6-13)17-11-16(12-18(14(17)2)19(21)22)25(23,24)20-9-3-4-10-20;1-8-10(12(15)16)6-9(7-11(8)13)19(17,18)14-4-2-3-5-14/h5-8,11-12H,3-4,9-10H2,1-2H3,(H,21,22);6-7H,2-5H2,1H3,(H,15,16). The van der Waals surface area contributed by atoms with Gasteiger partial charge in [-0.05, 0) is 116 Å². The normalized spacial score (nSPS) is 16.0. The van der Waals surface area contributed by atoms with E-state index in [9.17, 15) is 31.5 Å². The van der Waals surface area contributed by atoms with E-state index >= 15 is 0 Å². The van der Waals surface area contributed by atoms with E-state index < -0.39 is 32.0 Å². The zero-order valence-corrected chi connectivity index (χ0v) is 28.5. The Labute approximate surface area is 271 Å². The summed E-state index contributed by atoms with van der Waals surface area (Å²) in [4.78, 5) is 22.9. The van der Waals surface area contributed by atoms with Gasteiger partial charge in [-0.15, -0.1) is 0 Å². The molecule has 2 N–H and O–H groups in total. The van der Waals surface area contributed by atoms with Gasteiger partial charge in [-0.1, -0.05) is 29.8 Å². The van der Waals surface area contributed by atoms with Crippen LogP contribution in [0.3, 0.4) is 0 Å². The third-order valence-corrected chi connectivity index (χ3v) is 12.8. The molecule has 2 fully saturated rings. The van der Waals surface area contributed by atoms with E-state index in [0.717, 1.165) is 36.8 Å². The zero-order valence-electron chi connectivity index (χ0n) is 24.7. The molecule has 0 atom stereocenters. The van der Waals surface area contributed by atoms with E-state index in [1.807, 2.05) is 53.8 Å². The molecule has 2 saturated heterocycles. The number of hydrogen-bond donors (Lipinski definition) is 2. The van der Waals surface area contributed by atoms with Gasteiger partial charge in [0.25, 0.3) is 0 Å². The predicted molar refractivity (Wildman–Crippen MR) is 175 cm³/mol. The first-order chi connectivity index (χ1) is 20.6. The highest BCUT2D eigenvalue weighted by atomic mass is 127. The minimum atomic E-state index is -3.68. The summed E-state index contributed by atoms with van der Waals surface area (Å²) in [5.41, 5.74) is 3.76. The summed E-state index contributed by atoms with van der Waals surface area (Å²) >= 11 is 1.97. The highest BCUT2D eigenvalue weighted by Crippen LogP contribution is 2.32. The van der Waals surface area contributed by atoms with Crippen molar-refractivity contribution >= 4 is 54.6 Å². The van der Waals surface area contributed by atoms with E-state index in [1.54, 1.807) is 19.9 Å². The average molecular weight is 755 g/mol. The van der Waals surface area contributed by atoms with Gasteiger partial charge in [-0.25, -0.2) is 26.4 Å². The quantitative estimate of drug-likeness (QED) is 0.299. The van der Waals surface area contributed by atoms with E-state index in [4.69, 9.17) is 5.11 Å². The predicted octanol–water partition coefficient (Wildman–Crippen LogP) is 5.54. The van der Waals surface area contributed by atoms with Crippen molar-refractivity contribution in [1.29, 1.82) is 0 Å². The molecule has 0 aromatic heterocycles. The van der Waals surface area contributed by atoms with Crippen LogP contribution < -0.4 is 0 Å². The summed E-state index contributed by atoms with van der Waals surface area (Å²) in [7, 11) is -7.25. The molecule has 5 rings (SSSR count). The average Bonchev–Trinajstić information content (AvgIpc) is 3.71. The van der Waals surface area contributed by atoms with Crippen molar-refractivity contribution < 1.29 is 36.6 Å². The third kappa shape index (κ3) is 7.17. The topological polar surface area (TPSA) is 149 Å². The summed E-state index contributed by atoms with van der Waals surface area (Å²) in [5, 5.41) is 18.7. The molecule has 0 spiro atoms. The number of carboxylic acids is 2. The summed E-state index contributed by atoms with van der Waals surface area (Å²) in [5.74, 6) is -2.22. The maximum atomic E-state index is 12.9. The molecule has 3 aromatic rings. The van der Waals surface area contributed by atoms with Gasteiger partial charge in [-0.2, -0.15) is 8.61 Å². The molecule has 236 valence electrons.